The monoisotopic (exact) mass is 489 g/mol. The van der Waals surface area contributed by atoms with E-state index in [-0.39, 0.29) is 12.3 Å². The Morgan fingerprint density at radius 2 is 1.77 bits per heavy atom. The SMILES string of the molecule is COC(=O)C(NC(=O)Cc1c(C)nn(-c2ccc(Cl)cc2)c1C)c1ccc(Br)cc1. The molecule has 0 saturated heterocycles. The highest BCUT2D eigenvalue weighted by Crippen LogP contribution is 2.22. The molecule has 1 atom stereocenters. The van der Waals surface area contributed by atoms with Crippen LogP contribution in [0.25, 0.3) is 5.69 Å². The number of carbonyl (C=O) groups is 2. The van der Waals surface area contributed by atoms with Crippen molar-refractivity contribution in [3.05, 3.63) is 80.5 Å². The predicted octanol–water partition coefficient (Wildman–Crippen LogP) is 4.48. The zero-order valence-electron chi connectivity index (χ0n) is 16.8. The lowest BCUT2D eigenvalue weighted by Crippen LogP contribution is -2.35. The number of halogens is 2. The first kappa shape index (κ1) is 22.1. The molecule has 0 aliphatic carbocycles. The Hall–Kier alpha value is -2.64. The molecule has 30 heavy (non-hydrogen) atoms. The molecule has 1 unspecified atom stereocenters. The van der Waals surface area contributed by atoms with E-state index in [9.17, 15) is 9.59 Å². The van der Waals surface area contributed by atoms with Crippen LogP contribution in [0.2, 0.25) is 5.02 Å². The van der Waals surface area contributed by atoms with Crippen molar-refractivity contribution in [2.45, 2.75) is 26.3 Å². The zero-order valence-corrected chi connectivity index (χ0v) is 19.1. The van der Waals surface area contributed by atoms with Gasteiger partial charge in [-0.2, -0.15) is 5.10 Å². The van der Waals surface area contributed by atoms with Gasteiger partial charge in [-0.05, 0) is 55.8 Å². The number of methoxy groups -OCH3 is 1. The summed E-state index contributed by atoms with van der Waals surface area (Å²) in [5, 5.41) is 7.98. The van der Waals surface area contributed by atoms with Crippen molar-refractivity contribution >= 4 is 39.4 Å². The first-order valence-corrected chi connectivity index (χ1v) is 10.4. The maximum Gasteiger partial charge on any atom is 0.333 e. The zero-order chi connectivity index (χ0) is 21.8. The van der Waals surface area contributed by atoms with Crippen LogP contribution >= 0.6 is 27.5 Å². The number of aromatic nitrogens is 2. The van der Waals surface area contributed by atoms with Crippen molar-refractivity contribution in [2.24, 2.45) is 0 Å². The van der Waals surface area contributed by atoms with Crippen molar-refractivity contribution in [1.29, 1.82) is 0 Å². The number of ether oxygens (including phenoxy) is 1. The van der Waals surface area contributed by atoms with Gasteiger partial charge in [0.2, 0.25) is 5.91 Å². The topological polar surface area (TPSA) is 73.2 Å². The Labute approximate surface area is 188 Å². The van der Waals surface area contributed by atoms with E-state index in [0.29, 0.717) is 10.6 Å². The van der Waals surface area contributed by atoms with Gasteiger partial charge in [-0.3, -0.25) is 4.79 Å². The largest absolute Gasteiger partial charge is 0.467 e. The number of esters is 1. The van der Waals surface area contributed by atoms with Crippen LogP contribution in [0.3, 0.4) is 0 Å². The summed E-state index contributed by atoms with van der Waals surface area (Å²) in [6.45, 7) is 3.76. The Morgan fingerprint density at radius 1 is 1.13 bits per heavy atom. The summed E-state index contributed by atoms with van der Waals surface area (Å²) in [7, 11) is 1.30. The number of benzene rings is 2. The number of rotatable bonds is 6. The van der Waals surface area contributed by atoms with E-state index in [1.54, 1.807) is 28.9 Å². The first-order valence-electron chi connectivity index (χ1n) is 9.24. The van der Waals surface area contributed by atoms with Gasteiger partial charge in [-0.15, -0.1) is 0 Å². The van der Waals surface area contributed by atoms with Crippen molar-refractivity contribution < 1.29 is 14.3 Å². The first-order chi connectivity index (χ1) is 14.3. The number of hydrogen-bond acceptors (Lipinski definition) is 4. The molecule has 0 spiro atoms. The molecule has 3 aromatic rings. The Bertz CT molecular complexity index is 1060. The second-order valence-electron chi connectivity index (χ2n) is 6.79. The smallest absolute Gasteiger partial charge is 0.333 e. The molecule has 156 valence electrons. The fourth-order valence-corrected chi connectivity index (χ4v) is 3.58. The van der Waals surface area contributed by atoms with Gasteiger partial charge in [-0.1, -0.05) is 39.7 Å². The molecular weight excluding hydrogens is 470 g/mol. The van der Waals surface area contributed by atoms with Crippen LogP contribution in [-0.2, 0) is 20.7 Å². The second kappa shape index (κ2) is 9.45. The van der Waals surface area contributed by atoms with Crippen LogP contribution in [0.5, 0.6) is 0 Å². The van der Waals surface area contributed by atoms with Gasteiger partial charge in [0.15, 0.2) is 6.04 Å². The van der Waals surface area contributed by atoms with E-state index in [1.165, 1.54) is 7.11 Å². The quantitative estimate of drug-likeness (QED) is 0.517. The molecule has 3 rings (SSSR count). The molecule has 1 heterocycles. The van der Waals surface area contributed by atoms with E-state index in [0.717, 1.165) is 27.1 Å². The lowest BCUT2D eigenvalue weighted by Gasteiger charge is -2.17. The van der Waals surface area contributed by atoms with Crippen molar-refractivity contribution in [3.8, 4) is 5.69 Å². The molecule has 0 radical (unpaired) electrons. The number of amides is 1. The van der Waals surface area contributed by atoms with Crippen molar-refractivity contribution in [2.75, 3.05) is 7.11 Å². The minimum absolute atomic E-state index is 0.0925. The van der Waals surface area contributed by atoms with E-state index in [1.807, 2.05) is 38.1 Å². The average Bonchev–Trinajstić information content (AvgIpc) is 3.01. The molecule has 0 aliphatic heterocycles. The van der Waals surface area contributed by atoms with Crippen LogP contribution < -0.4 is 5.32 Å². The van der Waals surface area contributed by atoms with Gasteiger partial charge in [0.1, 0.15) is 0 Å². The summed E-state index contributed by atoms with van der Waals surface area (Å²) in [6, 6.07) is 13.6. The lowest BCUT2D eigenvalue weighted by atomic mass is 10.1. The molecule has 1 amide bonds. The summed E-state index contributed by atoms with van der Waals surface area (Å²) < 4.78 is 7.53. The van der Waals surface area contributed by atoms with Gasteiger partial charge in [0.25, 0.3) is 0 Å². The minimum atomic E-state index is -0.887. The standard InChI is InChI=1S/C22H21BrClN3O3/c1-13-19(14(2)27(26-13)18-10-8-17(24)9-11-18)12-20(28)25-21(22(29)30-3)15-4-6-16(23)7-5-15/h4-11,21H,12H2,1-3H3,(H,25,28). The number of nitrogens with zero attached hydrogens (tertiary/aromatic N) is 2. The van der Waals surface area contributed by atoms with E-state index < -0.39 is 12.0 Å². The number of aryl methyl sites for hydroxylation is 1. The Morgan fingerprint density at radius 3 is 2.37 bits per heavy atom. The normalized spacial score (nSPS) is 11.8. The van der Waals surface area contributed by atoms with Gasteiger partial charge >= 0.3 is 5.97 Å². The van der Waals surface area contributed by atoms with Crippen LogP contribution in [-0.4, -0.2) is 28.8 Å². The molecular formula is C22H21BrClN3O3. The minimum Gasteiger partial charge on any atom is -0.467 e. The molecule has 1 aromatic heterocycles. The average molecular weight is 491 g/mol. The van der Waals surface area contributed by atoms with Gasteiger partial charge in [0.05, 0.1) is 24.9 Å². The molecule has 6 nitrogen and oxygen atoms in total. The Kier molecular flexibility index (Phi) is 6.95. The van der Waals surface area contributed by atoms with Crippen molar-refractivity contribution in [1.82, 2.24) is 15.1 Å². The third-order valence-electron chi connectivity index (χ3n) is 4.80. The summed E-state index contributed by atoms with van der Waals surface area (Å²) in [6.07, 6.45) is 0.0925. The van der Waals surface area contributed by atoms with Gasteiger partial charge in [-0.25, -0.2) is 9.48 Å². The van der Waals surface area contributed by atoms with Gasteiger partial charge < -0.3 is 10.1 Å². The summed E-state index contributed by atoms with van der Waals surface area (Å²) in [4.78, 5) is 25.1. The molecule has 2 aromatic carbocycles. The fraction of sp³-hybridized carbons (Fsp3) is 0.227. The summed E-state index contributed by atoms with van der Waals surface area (Å²) in [5.74, 6) is -0.828. The van der Waals surface area contributed by atoms with Crippen molar-refractivity contribution in [3.63, 3.8) is 0 Å². The van der Waals surface area contributed by atoms with E-state index >= 15 is 0 Å². The van der Waals surface area contributed by atoms with Crippen LogP contribution in [0.15, 0.2) is 53.0 Å². The molecule has 1 N–H and O–H groups in total. The molecule has 8 heteroatoms. The molecule has 0 saturated carbocycles. The second-order valence-corrected chi connectivity index (χ2v) is 8.14. The van der Waals surface area contributed by atoms with Crippen LogP contribution in [0, 0.1) is 13.8 Å². The van der Waals surface area contributed by atoms with Crippen LogP contribution in [0.1, 0.15) is 28.6 Å². The fourth-order valence-electron chi connectivity index (χ4n) is 3.19. The number of nitrogens with one attached hydrogen (secondary N) is 1. The highest BCUT2D eigenvalue weighted by atomic mass is 79.9. The number of hydrogen-bond donors (Lipinski definition) is 1. The molecule has 0 fully saturated rings. The van der Waals surface area contributed by atoms with E-state index in [4.69, 9.17) is 16.3 Å². The summed E-state index contributed by atoms with van der Waals surface area (Å²) in [5.41, 5.74) is 3.90. The maximum absolute atomic E-state index is 12.8. The highest BCUT2D eigenvalue weighted by Gasteiger charge is 2.25. The third-order valence-corrected chi connectivity index (χ3v) is 5.58. The third kappa shape index (κ3) is 4.91. The highest BCUT2D eigenvalue weighted by molar-refractivity contribution is 9.10. The molecule has 0 aliphatic rings. The molecule has 0 bridgehead atoms. The maximum atomic E-state index is 12.8. The number of carbonyl (C=O) groups excluding carboxylic acids is 2. The van der Waals surface area contributed by atoms with E-state index in [2.05, 4.69) is 26.3 Å². The lowest BCUT2D eigenvalue weighted by molar-refractivity contribution is -0.145. The summed E-state index contributed by atoms with van der Waals surface area (Å²) >= 11 is 9.33. The predicted molar refractivity (Wildman–Crippen MR) is 119 cm³/mol. The van der Waals surface area contributed by atoms with Gasteiger partial charge in [0, 0.05) is 20.8 Å². The van der Waals surface area contributed by atoms with Crippen LogP contribution in [0.4, 0.5) is 0 Å². The Balaban J connectivity index is 1.81.